The number of aryl methyl sites for hydroxylation is 1. The Labute approximate surface area is 199 Å². The van der Waals surface area contributed by atoms with E-state index in [2.05, 4.69) is 6.92 Å². The van der Waals surface area contributed by atoms with Crippen LogP contribution in [-0.2, 0) is 25.6 Å². The minimum Gasteiger partial charge on any atom is -0.299 e. The van der Waals surface area contributed by atoms with Crippen LogP contribution in [0.3, 0.4) is 0 Å². The van der Waals surface area contributed by atoms with Crippen LogP contribution >= 0.6 is 0 Å². The Morgan fingerprint density at radius 3 is 2.38 bits per heavy atom. The smallest absolute Gasteiger partial charge is 0.289 e. The highest BCUT2D eigenvalue weighted by molar-refractivity contribution is 7.86. The lowest BCUT2D eigenvalue weighted by Gasteiger charge is -2.36. The van der Waals surface area contributed by atoms with E-state index < -0.39 is 38.5 Å². The van der Waals surface area contributed by atoms with Crippen molar-refractivity contribution in [2.24, 2.45) is 16.7 Å². The molecule has 2 bridgehead atoms. The number of ketones is 1. The first-order chi connectivity index (χ1) is 16.0. The van der Waals surface area contributed by atoms with Crippen molar-refractivity contribution in [3.63, 3.8) is 0 Å². The van der Waals surface area contributed by atoms with E-state index in [0.29, 0.717) is 23.3 Å². The number of amides is 2. The van der Waals surface area contributed by atoms with Gasteiger partial charge in [-0.3, -0.25) is 14.4 Å². The van der Waals surface area contributed by atoms with Gasteiger partial charge in [0.1, 0.15) is 5.78 Å². The summed E-state index contributed by atoms with van der Waals surface area (Å²) < 4.78 is 31.5. The van der Waals surface area contributed by atoms with Crippen LogP contribution < -0.4 is 0 Å². The number of imide groups is 1. The van der Waals surface area contributed by atoms with E-state index in [4.69, 9.17) is 4.28 Å². The topological polar surface area (TPSA) is 97.8 Å². The van der Waals surface area contributed by atoms with E-state index in [9.17, 15) is 22.8 Å². The number of hydrogen-bond donors (Lipinski definition) is 0. The fourth-order valence-corrected chi connectivity index (χ4v) is 8.03. The number of fused-ring (bicyclic) bond motifs is 2. The first-order valence-electron chi connectivity index (χ1n) is 11.9. The van der Waals surface area contributed by atoms with Crippen LogP contribution in [0, 0.1) is 16.7 Å². The highest BCUT2D eigenvalue weighted by Gasteiger charge is 2.65. The zero-order valence-electron chi connectivity index (χ0n) is 19.7. The molecule has 34 heavy (non-hydrogen) atoms. The number of nitrogens with zero attached hydrogens (tertiary/aromatic N) is 1. The van der Waals surface area contributed by atoms with Crippen molar-refractivity contribution in [2.75, 3.05) is 5.75 Å². The van der Waals surface area contributed by atoms with Gasteiger partial charge >= 0.3 is 0 Å². The van der Waals surface area contributed by atoms with E-state index in [1.807, 2.05) is 26.0 Å². The maximum Gasteiger partial charge on any atom is 0.289 e. The van der Waals surface area contributed by atoms with Gasteiger partial charge in [0.25, 0.3) is 21.9 Å². The second-order valence-electron chi connectivity index (χ2n) is 10.5. The number of Topliss-reactive ketones (excluding diaryl/α,β-unsaturated/α-hetero) is 1. The van der Waals surface area contributed by atoms with E-state index in [1.165, 1.54) is 0 Å². The Bertz CT molecular complexity index is 1320. The molecule has 3 aliphatic rings. The largest absolute Gasteiger partial charge is 0.299 e. The predicted octanol–water partition coefficient (Wildman–Crippen LogP) is 4.44. The molecule has 0 saturated heterocycles. The molecule has 5 rings (SSSR count). The number of unbranched alkanes of at least 4 members (excludes halogenated alkanes) is 1. The summed E-state index contributed by atoms with van der Waals surface area (Å²) in [6, 6.07) is 8.68. The van der Waals surface area contributed by atoms with Crippen molar-refractivity contribution in [3.05, 3.63) is 47.0 Å². The average molecular weight is 484 g/mol. The van der Waals surface area contributed by atoms with Crippen LogP contribution in [0.4, 0.5) is 0 Å². The zero-order valence-corrected chi connectivity index (χ0v) is 20.5. The molecule has 0 N–H and O–H groups in total. The zero-order chi connectivity index (χ0) is 24.5. The van der Waals surface area contributed by atoms with Crippen molar-refractivity contribution in [1.29, 1.82) is 0 Å². The van der Waals surface area contributed by atoms with Crippen molar-refractivity contribution < 1.29 is 27.1 Å². The Balaban J connectivity index is 1.48. The van der Waals surface area contributed by atoms with Crippen LogP contribution in [0.1, 0.15) is 79.2 Å². The van der Waals surface area contributed by atoms with Gasteiger partial charge in [0.05, 0.1) is 22.3 Å². The van der Waals surface area contributed by atoms with E-state index >= 15 is 0 Å². The Morgan fingerprint density at radius 1 is 1.06 bits per heavy atom. The van der Waals surface area contributed by atoms with Crippen LogP contribution in [0.2, 0.25) is 0 Å². The molecule has 2 aromatic rings. The SMILES string of the molecule is CCCCc1ccc2c3c(cccc13)C(=O)N(OS(=O)(=O)CC13CCC(CC1=O)C3(C)C)C2=O. The lowest BCUT2D eigenvalue weighted by atomic mass is 9.70. The highest BCUT2D eigenvalue weighted by atomic mass is 32.2. The molecular weight excluding hydrogens is 454 g/mol. The van der Waals surface area contributed by atoms with E-state index in [0.717, 1.165) is 36.6 Å². The summed E-state index contributed by atoms with van der Waals surface area (Å²) in [5, 5.41) is 1.71. The third-order valence-electron chi connectivity index (χ3n) is 8.51. The van der Waals surface area contributed by atoms with Crippen molar-refractivity contribution in [3.8, 4) is 0 Å². The van der Waals surface area contributed by atoms with Gasteiger partial charge in [-0.05, 0) is 60.1 Å². The second kappa shape index (κ2) is 7.71. The van der Waals surface area contributed by atoms with Crippen molar-refractivity contribution >= 4 is 38.5 Å². The Kier molecular flexibility index (Phi) is 5.26. The molecule has 2 aliphatic carbocycles. The monoisotopic (exact) mass is 483 g/mol. The van der Waals surface area contributed by atoms with Crippen molar-refractivity contribution in [1.82, 2.24) is 5.06 Å². The highest BCUT2D eigenvalue weighted by Crippen LogP contribution is 2.64. The number of rotatable bonds is 7. The third-order valence-corrected chi connectivity index (χ3v) is 9.73. The first kappa shape index (κ1) is 23.2. The summed E-state index contributed by atoms with van der Waals surface area (Å²) in [5.41, 5.74) is -0.0236. The van der Waals surface area contributed by atoms with Crippen LogP contribution in [0.5, 0.6) is 0 Å². The van der Waals surface area contributed by atoms with Gasteiger partial charge in [0.2, 0.25) is 0 Å². The third kappa shape index (κ3) is 3.18. The quantitative estimate of drug-likeness (QED) is 0.540. The summed E-state index contributed by atoms with van der Waals surface area (Å²) in [6.45, 7) is 5.95. The maximum atomic E-state index is 13.3. The van der Waals surface area contributed by atoms with Crippen molar-refractivity contribution in [2.45, 2.75) is 59.3 Å². The Morgan fingerprint density at radius 2 is 1.76 bits per heavy atom. The summed E-state index contributed by atoms with van der Waals surface area (Å²) in [4.78, 5) is 39.3. The standard InChI is InChI=1S/C26H29NO6S/c1-4-5-7-16-10-11-20-22-18(16)8-6-9-19(22)23(29)27(24(20)30)33-34(31,32)15-26-13-12-17(14-21(26)28)25(26,2)3/h6,8-11,17H,4-5,7,12-15H2,1-3H3. The minimum atomic E-state index is -4.41. The van der Waals surface area contributed by atoms with Gasteiger partial charge in [-0.15, -0.1) is 9.35 Å². The normalized spacial score (nSPS) is 25.6. The number of benzene rings is 2. The molecule has 2 unspecified atom stereocenters. The molecule has 2 amide bonds. The fourth-order valence-electron chi connectivity index (χ4n) is 6.34. The molecule has 0 aromatic heterocycles. The molecule has 7 nitrogen and oxygen atoms in total. The number of hydroxylamine groups is 2. The number of carbonyl (C=O) groups excluding carboxylic acids is 3. The molecule has 2 saturated carbocycles. The van der Waals surface area contributed by atoms with Gasteiger partial charge in [0.15, 0.2) is 0 Å². The number of carbonyl (C=O) groups is 3. The first-order valence-corrected chi connectivity index (χ1v) is 13.5. The van der Waals surface area contributed by atoms with E-state index in [-0.39, 0.29) is 22.8 Å². The Hall–Kier alpha value is -2.58. The van der Waals surface area contributed by atoms with Crippen LogP contribution in [0.15, 0.2) is 30.3 Å². The molecular formula is C26H29NO6S. The van der Waals surface area contributed by atoms with Gasteiger partial charge in [-0.25, -0.2) is 0 Å². The minimum absolute atomic E-state index is 0.0769. The molecule has 2 fully saturated rings. The molecule has 1 aliphatic heterocycles. The average Bonchev–Trinajstić information content (AvgIpc) is 3.13. The molecule has 180 valence electrons. The van der Waals surface area contributed by atoms with Crippen LogP contribution in [-0.4, -0.2) is 36.8 Å². The van der Waals surface area contributed by atoms with E-state index in [1.54, 1.807) is 18.2 Å². The lowest BCUT2D eigenvalue weighted by Crippen LogP contribution is -2.46. The molecule has 8 heteroatoms. The van der Waals surface area contributed by atoms with Gasteiger partial charge in [-0.1, -0.05) is 45.4 Å². The van der Waals surface area contributed by atoms with Crippen LogP contribution in [0.25, 0.3) is 10.8 Å². The number of hydrogen-bond acceptors (Lipinski definition) is 6. The maximum absolute atomic E-state index is 13.3. The second-order valence-corrected chi connectivity index (χ2v) is 12.0. The molecule has 0 radical (unpaired) electrons. The predicted molar refractivity (Wildman–Crippen MR) is 126 cm³/mol. The van der Waals surface area contributed by atoms with Gasteiger partial charge < -0.3 is 0 Å². The summed E-state index contributed by atoms with van der Waals surface area (Å²) in [6.07, 6.45) is 4.43. The van der Waals surface area contributed by atoms with Gasteiger partial charge in [-0.2, -0.15) is 8.42 Å². The molecule has 1 heterocycles. The summed E-state index contributed by atoms with van der Waals surface area (Å²) in [5.74, 6) is -2.09. The molecule has 0 spiro atoms. The lowest BCUT2D eigenvalue weighted by molar-refractivity contribution is -0.128. The summed E-state index contributed by atoms with van der Waals surface area (Å²) >= 11 is 0. The molecule has 2 aromatic carbocycles. The van der Waals surface area contributed by atoms with Gasteiger partial charge in [0, 0.05) is 11.8 Å². The molecule has 2 atom stereocenters. The summed E-state index contributed by atoms with van der Waals surface area (Å²) in [7, 11) is -4.41. The fraction of sp³-hybridized carbons (Fsp3) is 0.500.